The molecule has 5 heteroatoms. The molecule has 0 radical (unpaired) electrons. The fraction of sp³-hybridized carbons (Fsp3) is 0.800. The van der Waals surface area contributed by atoms with Crippen molar-refractivity contribution in [2.45, 2.75) is 70.9 Å². The van der Waals surface area contributed by atoms with Crippen LogP contribution in [-0.4, -0.2) is 40.8 Å². The van der Waals surface area contributed by atoms with E-state index in [4.69, 9.17) is 14.2 Å². The van der Waals surface area contributed by atoms with E-state index in [9.17, 15) is 9.90 Å². The van der Waals surface area contributed by atoms with Crippen LogP contribution in [0.3, 0.4) is 0 Å². The van der Waals surface area contributed by atoms with E-state index in [1.165, 1.54) is 0 Å². The number of ketones is 1. The zero-order valence-corrected chi connectivity index (χ0v) is 12.6. The van der Waals surface area contributed by atoms with Gasteiger partial charge >= 0.3 is 0 Å². The highest BCUT2D eigenvalue weighted by Crippen LogP contribution is 2.55. The van der Waals surface area contributed by atoms with Crippen molar-refractivity contribution in [3.05, 3.63) is 11.1 Å². The Hall–Kier alpha value is -0.750. The monoisotopic (exact) mass is 282 g/mol. The van der Waals surface area contributed by atoms with Gasteiger partial charge in [-0.15, -0.1) is 0 Å². The first kappa shape index (κ1) is 14.2. The Morgan fingerprint density at radius 3 is 2.25 bits per heavy atom. The fourth-order valence-electron chi connectivity index (χ4n) is 3.53. The molecule has 1 spiro atoms. The van der Waals surface area contributed by atoms with Gasteiger partial charge in [-0.25, -0.2) is 0 Å². The van der Waals surface area contributed by atoms with E-state index in [-0.39, 0.29) is 36.4 Å². The largest absolute Gasteiger partial charge is 0.361 e. The Kier molecular flexibility index (Phi) is 2.93. The normalized spacial score (nSPS) is 52.0. The molecular weight excluding hydrogens is 260 g/mol. The van der Waals surface area contributed by atoms with Crippen LogP contribution in [0.15, 0.2) is 11.1 Å². The highest BCUT2D eigenvalue weighted by atomic mass is 16.8. The summed E-state index contributed by atoms with van der Waals surface area (Å²) in [6.07, 6.45) is -0.781. The molecule has 5 nitrogen and oxygen atoms in total. The molecule has 2 fully saturated rings. The predicted molar refractivity (Wildman–Crippen MR) is 70.8 cm³/mol. The Morgan fingerprint density at radius 2 is 1.60 bits per heavy atom. The molecule has 2 heterocycles. The number of allylic oxidation sites excluding steroid dienone is 1. The number of carbonyl (C=O) groups is 1. The molecule has 2 aliphatic heterocycles. The molecule has 0 unspecified atom stereocenters. The summed E-state index contributed by atoms with van der Waals surface area (Å²) in [5.74, 6) is -3.16. The molecule has 0 bridgehead atoms. The molecule has 0 saturated carbocycles. The van der Waals surface area contributed by atoms with Gasteiger partial charge in [0.15, 0.2) is 5.78 Å². The van der Waals surface area contributed by atoms with Crippen LogP contribution in [0.4, 0.5) is 0 Å². The Morgan fingerprint density at radius 1 is 1.05 bits per heavy atom. The number of aliphatic hydroxyl groups is 1. The molecule has 112 valence electrons. The molecule has 1 N–H and O–H groups in total. The Balaban J connectivity index is 2.20. The van der Waals surface area contributed by atoms with Crippen molar-refractivity contribution >= 4 is 5.78 Å². The zero-order chi connectivity index (χ0) is 14.9. The molecule has 1 aliphatic carbocycles. The van der Waals surface area contributed by atoms with Crippen LogP contribution in [0, 0.1) is 5.92 Å². The van der Waals surface area contributed by atoms with Crippen LogP contribution in [0.25, 0.3) is 0 Å². The second kappa shape index (κ2) is 4.13. The lowest BCUT2D eigenvalue weighted by molar-refractivity contribution is -0.437. The molecule has 0 amide bonds. The summed E-state index contributed by atoms with van der Waals surface area (Å²) < 4.78 is 17.8. The first-order valence-corrected chi connectivity index (χ1v) is 7.22. The van der Waals surface area contributed by atoms with Crippen LogP contribution < -0.4 is 0 Å². The number of hydrogen-bond acceptors (Lipinski definition) is 5. The molecule has 2 saturated heterocycles. The molecule has 3 aliphatic rings. The third-order valence-corrected chi connectivity index (χ3v) is 5.00. The SMILES string of the molecule is CC1=C2[C@H](C)[C@@H](C)O[C@@]23O[C@@H](C)[C@H](C)O[C@@]3(O)CC1=O. The molecule has 0 aromatic carbocycles. The number of ether oxygens (including phenoxy) is 3. The minimum Gasteiger partial charge on any atom is -0.361 e. The molecule has 0 aromatic rings. The van der Waals surface area contributed by atoms with Crippen molar-refractivity contribution in [2.24, 2.45) is 5.92 Å². The van der Waals surface area contributed by atoms with Crippen molar-refractivity contribution in [1.29, 1.82) is 0 Å². The van der Waals surface area contributed by atoms with Gasteiger partial charge in [-0.1, -0.05) is 6.92 Å². The van der Waals surface area contributed by atoms with Crippen molar-refractivity contribution in [2.75, 3.05) is 0 Å². The number of carbonyl (C=O) groups excluding carboxylic acids is 1. The summed E-state index contributed by atoms with van der Waals surface area (Å²) in [4.78, 5) is 12.2. The zero-order valence-electron chi connectivity index (χ0n) is 12.6. The summed E-state index contributed by atoms with van der Waals surface area (Å²) in [5.41, 5.74) is 1.37. The summed E-state index contributed by atoms with van der Waals surface area (Å²) in [6, 6.07) is 0. The lowest BCUT2D eigenvalue weighted by Crippen LogP contribution is -2.68. The van der Waals surface area contributed by atoms with Crippen LogP contribution in [-0.2, 0) is 19.0 Å². The van der Waals surface area contributed by atoms with E-state index in [1.54, 1.807) is 6.92 Å². The average Bonchev–Trinajstić information content (AvgIpc) is 2.59. The third kappa shape index (κ3) is 1.55. The van der Waals surface area contributed by atoms with E-state index in [1.807, 2.05) is 27.7 Å². The highest BCUT2D eigenvalue weighted by molar-refractivity contribution is 5.98. The number of Topliss-reactive ketones (excluding diaryl/α,β-unsaturated/α-hetero) is 1. The van der Waals surface area contributed by atoms with Gasteiger partial charge in [-0.3, -0.25) is 4.79 Å². The van der Waals surface area contributed by atoms with Gasteiger partial charge in [0.05, 0.1) is 24.7 Å². The van der Waals surface area contributed by atoms with E-state index in [2.05, 4.69) is 0 Å². The number of hydrogen-bond donors (Lipinski definition) is 1. The molecule has 20 heavy (non-hydrogen) atoms. The topological polar surface area (TPSA) is 65.0 Å². The van der Waals surface area contributed by atoms with E-state index < -0.39 is 11.6 Å². The maximum atomic E-state index is 12.2. The molecule has 0 aromatic heterocycles. The van der Waals surface area contributed by atoms with Crippen LogP contribution in [0.5, 0.6) is 0 Å². The van der Waals surface area contributed by atoms with E-state index >= 15 is 0 Å². The van der Waals surface area contributed by atoms with Gasteiger partial charge in [0.1, 0.15) is 0 Å². The van der Waals surface area contributed by atoms with Gasteiger partial charge in [-0.05, 0) is 33.3 Å². The average molecular weight is 282 g/mol. The first-order chi connectivity index (χ1) is 9.22. The minimum atomic E-state index is -1.73. The van der Waals surface area contributed by atoms with Gasteiger partial charge < -0.3 is 19.3 Å². The second-order valence-electron chi connectivity index (χ2n) is 6.30. The fourth-order valence-corrected chi connectivity index (χ4v) is 3.53. The van der Waals surface area contributed by atoms with Crippen molar-refractivity contribution in [1.82, 2.24) is 0 Å². The van der Waals surface area contributed by atoms with Crippen LogP contribution in [0.1, 0.15) is 41.0 Å². The quantitative estimate of drug-likeness (QED) is 0.730. The van der Waals surface area contributed by atoms with E-state index in [0.717, 1.165) is 5.57 Å². The second-order valence-corrected chi connectivity index (χ2v) is 6.30. The highest BCUT2D eigenvalue weighted by Gasteiger charge is 2.69. The summed E-state index contributed by atoms with van der Waals surface area (Å²) in [7, 11) is 0. The first-order valence-electron chi connectivity index (χ1n) is 7.22. The predicted octanol–water partition coefficient (Wildman–Crippen LogP) is 1.54. The maximum absolute atomic E-state index is 12.2. The van der Waals surface area contributed by atoms with Crippen LogP contribution in [0.2, 0.25) is 0 Å². The Labute approximate surface area is 118 Å². The standard InChI is InChI=1S/C15H22O5/c1-7-9(3)19-15-13(7)8(2)12(16)6-14(15,17)18-10(4)11(5)20-15/h7,9-11,17H,6H2,1-5H3/t7-,9-,10+,11+,14+,15-/m1/s1. The van der Waals surface area contributed by atoms with Gasteiger partial charge in [-0.2, -0.15) is 0 Å². The third-order valence-electron chi connectivity index (χ3n) is 5.00. The van der Waals surface area contributed by atoms with Crippen molar-refractivity contribution in [3.8, 4) is 0 Å². The Bertz CT molecular complexity index is 498. The lowest BCUT2D eigenvalue weighted by Gasteiger charge is -2.53. The summed E-state index contributed by atoms with van der Waals surface area (Å²) >= 11 is 0. The molecule has 6 atom stereocenters. The van der Waals surface area contributed by atoms with E-state index in [0.29, 0.717) is 5.57 Å². The number of rotatable bonds is 0. The summed E-state index contributed by atoms with van der Waals surface area (Å²) in [5, 5.41) is 10.9. The molecular formula is C15H22O5. The maximum Gasteiger partial charge on any atom is 0.249 e. The van der Waals surface area contributed by atoms with Gasteiger partial charge in [0.2, 0.25) is 11.6 Å². The van der Waals surface area contributed by atoms with Crippen molar-refractivity contribution in [3.63, 3.8) is 0 Å². The van der Waals surface area contributed by atoms with Gasteiger partial charge in [0, 0.05) is 11.5 Å². The lowest BCUT2D eigenvalue weighted by atomic mass is 9.76. The molecule has 3 rings (SSSR count). The van der Waals surface area contributed by atoms with Gasteiger partial charge in [0.25, 0.3) is 0 Å². The summed E-state index contributed by atoms with van der Waals surface area (Å²) in [6.45, 7) is 9.41. The minimum absolute atomic E-state index is 0.00924. The van der Waals surface area contributed by atoms with Crippen molar-refractivity contribution < 1.29 is 24.1 Å². The smallest absolute Gasteiger partial charge is 0.249 e. The van der Waals surface area contributed by atoms with Crippen LogP contribution >= 0.6 is 0 Å².